The number of halogens is 1. The Morgan fingerprint density at radius 1 is 0.923 bits per heavy atom. The highest BCUT2D eigenvalue weighted by Crippen LogP contribution is 2.35. The highest BCUT2D eigenvalue weighted by atomic mass is 79.9. The van der Waals surface area contributed by atoms with Crippen molar-refractivity contribution >= 4 is 61.4 Å². The zero-order valence-electron chi connectivity index (χ0n) is 14.7. The Bertz CT molecular complexity index is 896. The predicted octanol–water partition coefficient (Wildman–Crippen LogP) is 8.05. The predicted molar refractivity (Wildman–Crippen MR) is 121 cm³/mol. The average molecular weight is 466 g/mol. The summed E-state index contributed by atoms with van der Waals surface area (Å²) < 4.78 is 9.31. The maximum absolute atomic E-state index is 4.05. The van der Waals surface area contributed by atoms with Gasteiger partial charge in [-0.1, -0.05) is 38.3 Å². The summed E-state index contributed by atoms with van der Waals surface area (Å²) in [5.74, 6) is 0. The summed E-state index contributed by atoms with van der Waals surface area (Å²) in [6.45, 7) is 2.26. The van der Waals surface area contributed by atoms with Gasteiger partial charge in [0.15, 0.2) is 0 Å². The molecule has 136 valence electrons. The zero-order valence-corrected chi connectivity index (χ0v) is 18.7. The normalized spacial score (nSPS) is 10.7. The highest BCUT2D eigenvalue weighted by Gasteiger charge is 2.05. The third-order valence-electron chi connectivity index (χ3n) is 3.95. The van der Waals surface area contributed by atoms with Crippen LogP contribution in [0.4, 0.5) is 0 Å². The lowest BCUT2D eigenvalue weighted by atomic mass is 10.1. The Labute approximate surface area is 175 Å². The van der Waals surface area contributed by atoms with Crippen molar-refractivity contribution in [2.24, 2.45) is 0 Å². The zero-order chi connectivity index (χ0) is 18.2. The number of thiophene rings is 2. The Hall–Kier alpha value is -1.08. The molecule has 0 bridgehead atoms. The van der Waals surface area contributed by atoms with Gasteiger partial charge in [-0.2, -0.15) is 8.75 Å². The second-order valence-corrected chi connectivity index (χ2v) is 9.89. The van der Waals surface area contributed by atoms with Crippen LogP contribution >= 0.6 is 50.3 Å². The van der Waals surface area contributed by atoms with Gasteiger partial charge in [-0.3, -0.25) is 0 Å². The van der Waals surface area contributed by atoms with Crippen molar-refractivity contribution in [1.82, 2.24) is 8.75 Å². The molecule has 0 aliphatic carbocycles. The number of benzene rings is 1. The van der Waals surface area contributed by atoms with Gasteiger partial charge in [-0.05, 0) is 70.0 Å². The first-order valence-corrected chi connectivity index (χ1v) is 12.0. The van der Waals surface area contributed by atoms with E-state index in [-0.39, 0.29) is 0 Å². The summed E-state index contributed by atoms with van der Waals surface area (Å²) in [6.07, 6.45) is 6.63. The number of hydrogen-bond donors (Lipinski definition) is 0. The summed E-state index contributed by atoms with van der Waals surface area (Å²) in [7, 11) is 0. The lowest BCUT2D eigenvalue weighted by Gasteiger charge is -1.96. The summed E-state index contributed by atoms with van der Waals surface area (Å²) in [4.78, 5) is 2.79. The molecule has 0 aliphatic heterocycles. The molecule has 0 fully saturated rings. The van der Waals surface area contributed by atoms with Crippen LogP contribution in [0.2, 0.25) is 0 Å². The van der Waals surface area contributed by atoms with E-state index < -0.39 is 0 Å². The van der Waals surface area contributed by atoms with Crippen LogP contribution in [0.1, 0.15) is 38.2 Å². The maximum atomic E-state index is 4.05. The number of fused-ring (bicyclic) bond motifs is 1. The average Bonchev–Trinajstić information content (AvgIpc) is 3.39. The van der Waals surface area contributed by atoms with Crippen LogP contribution in [0.15, 0.2) is 51.6 Å². The van der Waals surface area contributed by atoms with Gasteiger partial charge in [-0.15, -0.1) is 22.7 Å². The number of nitrogens with zero attached hydrogens (tertiary/aromatic N) is 2. The van der Waals surface area contributed by atoms with E-state index in [0.29, 0.717) is 0 Å². The van der Waals surface area contributed by atoms with Crippen molar-refractivity contribution in [3.63, 3.8) is 0 Å². The van der Waals surface area contributed by atoms with Crippen LogP contribution < -0.4 is 0 Å². The molecule has 6 heteroatoms. The topological polar surface area (TPSA) is 25.8 Å². The van der Waals surface area contributed by atoms with Gasteiger partial charge < -0.3 is 0 Å². The largest absolute Gasteiger partial charge is 0.173 e. The van der Waals surface area contributed by atoms with E-state index in [0.717, 1.165) is 11.0 Å². The van der Waals surface area contributed by atoms with Gasteiger partial charge in [0.2, 0.25) is 0 Å². The lowest BCUT2D eigenvalue weighted by Crippen LogP contribution is -1.81. The van der Waals surface area contributed by atoms with Crippen LogP contribution in [0.5, 0.6) is 0 Å². The summed E-state index contributed by atoms with van der Waals surface area (Å²) in [5, 5.41) is 2.31. The molecule has 4 rings (SSSR count). The number of rotatable bonds is 6. The van der Waals surface area contributed by atoms with Crippen molar-refractivity contribution in [1.29, 1.82) is 0 Å². The minimum Gasteiger partial charge on any atom is -0.173 e. The molecule has 26 heavy (non-hydrogen) atoms. The number of aromatic nitrogens is 2. The van der Waals surface area contributed by atoms with Crippen molar-refractivity contribution in [3.05, 3.63) is 57.2 Å². The van der Waals surface area contributed by atoms with Crippen molar-refractivity contribution in [3.8, 4) is 9.75 Å². The van der Waals surface area contributed by atoms with E-state index in [1.54, 1.807) is 0 Å². The Morgan fingerprint density at radius 3 is 2.35 bits per heavy atom. The molecule has 3 heterocycles. The number of unbranched alkanes of at least 4 members (excludes halogenated alkanes) is 3. The molecule has 3 aromatic heterocycles. The van der Waals surface area contributed by atoms with Gasteiger partial charge in [-0.25, -0.2) is 0 Å². The van der Waals surface area contributed by atoms with E-state index in [2.05, 4.69) is 55.2 Å². The molecule has 1 aromatic carbocycles. The number of aryl methyl sites for hydroxylation is 1. The van der Waals surface area contributed by atoms with Crippen molar-refractivity contribution in [2.75, 3.05) is 0 Å². The fourth-order valence-electron chi connectivity index (χ4n) is 2.57. The van der Waals surface area contributed by atoms with Crippen LogP contribution in [0.25, 0.3) is 20.8 Å². The van der Waals surface area contributed by atoms with E-state index in [1.807, 2.05) is 46.9 Å². The van der Waals surface area contributed by atoms with E-state index in [1.165, 1.54) is 62.9 Å². The van der Waals surface area contributed by atoms with Gasteiger partial charge in [0, 0.05) is 9.75 Å². The third-order valence-corrected chi connectivity index (χ3v) is 7.30. The molecule has 0 spiro atoms. The standard InChI is InChI=1S/C14H17BrS2.C6H4N2S/c1-2-3-4-5-6-11-9-13(16-10-11)12-7-8-14(15)17-12;1-2-4-6-5(3-1)7-9-8-6/h7-10H,2-6H2,1H3;1-4H. The molecule has 4 aromatic rings. The third kappa shape index (κ3) is 5.71. The molecule has 0 N–H and O–H groups in total. The number of hydrogen-bond acceptors (Lipinski definition) is 5. The van der Waals surface area contributed by atoms with Crippen LogP contribution in [0.3, 0.4) is 0 Å². The first-order chi connectivity index (χ1) is 12.8. The molecular weight excluding hydrogens is 444 g/mol. The fourth-order valence-corrected chi connectivity index (χ4v) is 5.53. The fraction of sp³-hybridized carbons (Fsp3) is 0.300. The molecule has 0 unspecified atom stereocenters. The molecule has 0 saturated heterocycles. The molecular formula is C20H21BrN2S3. The second-order valence-electron chi connectivity index (χ2n) is 5.99. The first kappa shape index (κ1) is 19.7. The van der Waals surface area contributed by atoms with E-state index in [9.17, 15) is 0 Å². The smallest absolute Gasteiger partial charge is 0.104 e. The van der Waals surface area contributed by atoms with Crippen molar-refractivity contribution in [2.45, 2.75) is 39.0 Å². The quantitative estimate of drug-likeness (QED) is 0.269. The second kappa shape index (κ2) is 10.3. The van der Waals surface area contributed by atoms with Gasteiger partial charge in [0.1, 0.15) is 11.0 Å². The van der Waals surface area contributed by atoms with Crippen molar-refractivity contribution < 1.29 is 0 Å². The van der Waals surface area contributed by atoms with Crippen LogP contribution in [-0.4, -0.2) is 8.75 Å². The summed E-state index contributed by atoms with van der Waals surface area (Å²) in [5.41, 5.74) is 3.48. The summed E-state index contributed by atoms with van der Waals surface area (Å²) in [6, 6.07) is 14.5. The van der Waals surface area contributed by atoms with Crippen LogP contribution in [-0.2, 0) is 6.42 Å². The molecule has 0 aliphatic rings. The minimum absolute atomic E-state index is 0.988. The molecule has 0 amide bonds. The van der Waals surface area contributed by atoms with E-state index in [4.69, 9.17) is 0 Å². The first-order valence-electron chi connectivity index (χ1n) is 8.76. The monoisotopic (exact) mass is 464 g/mol. The Kier molecular flexibility index (Phi) is 7.80. The SMILES string of the molecule is CCCCCCc1csc(-c2ccc(Br)s2)c1.c1ccc2nsnc2c1. The van der Waals surface area contributed by atoms with Gasteiger partial charge >= 0.3 is 0 Å². The molecule has 0 radical (unpaired) electrons. The minimum atomic E-state index is 0.988. The highest BCUT2D eigenvalue weighted by molar-refractivity contribution is 9.11. The molecule has 2 nitrogen and oxygen atoms in total. The van der Waals surface area contributed by atoms with Gasteiger partial charge in [0.05, 0.1) is 15.5 Å². The summed E-state index contributed by atoms with van der Waals surface area (Å²) >= 11 is 8.45. The Morgan fingerprint density at radius 2 is 1.69 bits per heavy atom. The molecule has 0 atom stereocenters. The molecule has 0 saturated carbocycles. The Balaban J connectivity index is 0.000000181. The van der Waals surface area contributed by atoms with E-state index >= 15 is 0 Å². The lowest BCUT2D eigenvalue weighted by molar-refractivity contribution is 0.667. The maximum Gasteiger partial charge on any atom is 0.104 e. The van der Waals surface area contributed by atoms with Crippen LogP contribution in [0, 0.1) is 0 Å². The van der Waals surface area contributed by atoms with Gasteiger partial charge in [0.25, 0.3) is 0 Å².